The Labute approximate surface area is 346 Å². The molecule has 2 heterocycles. The molecule has 57 heavy (non-hydrogen) atoms. The van der Waals surface area contributed by atoms with E-state index in [1.165, 1.54) is 23.3 Å². The predicted molar refractivity (Wildman–Crippen MR) is 228 cm³/mol. The fourth-order valence-electron chi connectivity index (χ4n) is 7.41. The summed E-state index contributed by atoms with van der Waals surface area (Å²) in [4.78, 5) is 9.75. The third-order valence-corrected chi connectivity index (χ3v) is 10.2. The first-order valence-corrected chi connectivity index (χ1v) is 18.7. The van der Waals surface area contributed by atoms with E-state index >= 15 is 0 Å². The van der Waals surface area contributed by atoms with Crippen LogP contribution in [0.2, 0.25) is 0 Å². The van der Waals surface area contributed by atoms with Crippen LogP contribution in [-0.2, 0) is 20.1 Å². The van der Waals surface area contributed by atoms with Crippen LogP contribution >= 0.6 is 0 Å². The quantitative estimate of drug-likeness (QED) is 0.142. The third kappa shape index (κ3) is 7.92. The molecule has 0 saturated carbocycles. The average molecular weight is 911 g/mol. The molecule has 9 rings (SSSR count). The number of aryl methyl sites for hydroxylation is 1. The molecular formula is C53H35FIrN2-2. The van der Waals surface area contributed by atoms with Crippen LogP contribution in [0.3, 0.4) is 0 Å². The number of pyridine rings is 2. The number of benzene rings is 7. The van der Waals surface area contributed by atoms with E-state index in [1.807, 2.05) is 42.7 Å². The van der Waals surface area contributed by atoms with Crippen molar-refractivity contribution in [1.29, 1.82) is 0 Å². The van der Waals surface area contributed by atoms with E-state index in [0.717, 1.165) is 83.7 Å². The van der Waals surface area contributed by atoms with Crippen molar-refractivity contribution in [3.8, 4) is 89.3 Å². The molecule has 0 aliphatic rings. The summed E-state index contributed by atoms with van der Waals surface area (Å²) in [6, 6.07) is 68.2. The summed E-state index contributed by atoms with van der Waals surface area (Å²) < 4.78 is 13.5. The second-order valence-electron chi connectivity index (χ2n) is 13.9. The molecule has 4 heteroatoms. The van der Waals surface area contributed by atoms with Crippen LogP contribution < -0.4 is 0 Å². The number of rotatable bonds is 8. The van der Waals surface area contributed by atoms with Gasteiger partial charge in [0, 0.05) is 43.9 Å². The van der Waals surface area contributed by atoms with Gasteiger partial charge in [0.05, 0.1) is 0 Å². The van der Waals surface area contributed by atoms with Gasteiger partial charge in [-0.25, -0.2) is 0 Å². The molecule has 2 nitrogen and oxygen atoms in total. The molecule has 0 N–H and O–H groups in total. The van der Waals surface area contributed by atoms with Crippen LogP contribution in [0, 0.1) is 24.9 Å². The fourth-order valence-corrected chi connectivity index (χ4v) is 7.41. The number of hydrogen-bond donors (Lipinski definition) is 0. The molecule has 0 spiro atoms. The van der Waals surface area contributed by atoms with E-state index in [1.54, 1.807) is 6.07 Å². The summed E-state index contributed by atoms with van der Waals surface area (Å²) in [5.41, 5.74) is 17.8. The summed E-state index contributed by atoms with van der Waals surface area (Å²) in [6.07, 6.45) is 3.90. The summed E-state index contributed by atoms with van der Waals surface area (Å²) in [5, 5.41) is 0. The van der Waals surface area contributed by atoms with Gasteiger partial charge in [-0.15, -0.1) is 65.7 Å². The largest absolute Gasteiger partial charge is 0.304 e. The van der Waals surface area contributed by atoms with Gasteiger partial charge < -0.3 is 9.97 Å². The van der Waals surface area contributed by atoms with Crippen molar-refractivity contribution in [2.45, 2.75) is 6.92 Å². The van der Waals surface area contributed by atoms with E-state index in [0.29, 0.717) is 0 Å². The maximum Gasteiger partial charge on any atom is 0.0379 e. The minimum absolute atomic E-state index is 0. The molecule has 0 atom stereocenters. The van der Waals surface area contributed by atoms with Crippen molar-refractivity contribution in [3.05, 3.63) is 218 Å². The Morgan fingerprint density at radius 3 is 1.63 bits per heavy atom. The van der Waals surface area contributed by atoms with Crippen molar-refractivity contribution in [1.82, 2.24) is 9.97 Å². The second kappa shape index (κ2) is 16.6. The van der Waals surface area contributed by atoms with Crippen molar-refractivity contribution < 1.29 is 24.5 Å². The Balaban J connectivity index is 0.00000455. The smallest absolute Gasteiger partial charge is 0.0379 e. The minimum Gasteiger partial charge on any atom is -0.304 e. The maximum atomic E-state index is 13.5. The molecule has 0 saturated heterocycles. The van der Waals surface area contributed by atoms with Gasteiger partial charge in [-0.3, -0.25) is 4.39 Å². The molecule has 0 fully saturated rings. The molecule has 0 aliphatic carbocycles. The first-order chi connectivity index (χ1) is 27.6. The van der Waals surface area contributed by atoms with Crippen LogP contribution in [0.5, 0.6) is 0 Å². The summed E-state index contributed by atoms with van der Waals surface area (Å²) in [6.45, 7) is 2.15. The molecule has 7 aromatic carbocycles. The Bertz CT molecular complexity index is 2780. The molecule has 0 aliphatic heterocycles. The van der Waals surface area contributed by atoms with Gasteiger partial charge in [-0.1, -0.05) is 133 Å². The molecule has 2 aromatic heterocycles. The minimum atomic E-state index is -0.315. The summed E-state index contributed by atoms with van der Waals surface area (Å²) in [7, 11) is 0. The fraction of sp³-hybridized carbons (Fsp3) is 0.0189. The van der Waals surface area contributed by atoms with E-state index < -0.39 is 0 Å². The molecule has 0 bridgehead atoms. The summed E-state index contributed by atoms with van der Waals surface area (Å²) in [5.74, 6) is -0.315. The van der Waals surface area contributed by atoms with Crippen LogP contribution in [0.1, 0.15) is 5.56 Å². The zero-order valence-electron chi connectivity index (χ0n) is 31.1. The molecular weight excluding hydrogens is 876 g/mol. The van der Waals surface area contributed by atoms with Gasteiger partial charge in [0.1, 0.15) is 0 Å². The first-order valence-electron chi connectivity index (χ1n) is 18.7. The van der Waals surface area contributed by atoms with Gasteiger partial charge in [0.25, 0.3) is 0 Å². The molecule has 9 aromatic rings. The first kappa shape index (κ1) is 37.3. The Morgan fingerprint density at radius 1 is 0.404 bits per heavy atom. The van der Waals surface area contributed by atoms with Crippen LogP contribution in [-0.4, -0.2) is 9.97 Å². The zero-order chi connectivity index (χ0) is 37.8. The maximum absolute atomic E-state index is 13.5. The van der Waals surface area contributed by atoms with E-state index in [2.05, 4.69) is 153 Å². The van der Waals surface area contributed by atoms with Gasteiger partial charge in [0.15, 0.2) is 0 Å². The standard InChI is InChI=1S/C53H35FN2.Ir/c1-36-30-43(47-17-9-8-16-46(47)42-26-29-52(55-34-42)41-24-27-45(54)28-25-41)32-44(31-36)48-18-10-11-19-49(48)51-35-56-53(40-14-6-3-7-15-40)33-50(51)39-22-20-38(21-23-39)37-12-4-2-5-13-37;/h2-14,16-24,26-35H,1H3;/q-2;. The Kier molecular flexibility index (Phi) is 10.9. The summed E-state index contributed by atoms with van der Waals surface area (Å²) >= 11 is 0. The third-order valence-electron chi connectivity index (χ3n) is 10.2. The number of nitrogens with zero attached hydrogens (tertiary/aromatic N) is 2. The van der Waals surface area contributed by atoms with Crippen molar-refractivity contribution in [2.75, 3.05) is 0 Å². The van der Waals surface area contributed by atoms with E-state index in [-0.39, 0.29) is 25.9 Å². The van der Waals surface area contributed by atoms with Crippen molar-refractivity contribution in [2.24, 2.45) is 0 Å². The zero-order valence-corrected chi connectivity index (χ0v) is 33.5. The van der Waals surface area contributed by atoms with Gasteiger partial charge in [-0.05, 0) is 91.1 Å². The number of halogens is 1. The van der Waals surface area contributed by atoms with Crippen LogP contribution in [0.25, 0.3) is 89.3 Å². The SMILES string of the molecule is Cc1cc(-c2ccccc2-c2ccc(-c3[c-]cc(F)cc3)nc2)cc(-c2ccccc2-c2cnc(-c3[c-]cccc3)cc2-c2ccc(-c3ccccc3)cc2)c1.[Ir]. The number of aromatic nitrogens is 2. The molecule has 275 valence electrons. The van der Waals surface area contributed by atoms with Crippen molar-refractivity contribution >= 4 is 0 Å². The van der Waals surface area contributed by atoms with Crippen LogP contribution in [0.15, 0.2) is 194 Å². The van der Waals surface area contributed by atoms with Crippen LogP contribution in [0.4, 0.5) is 4.39 Å². The second-order valence-corrected chi connectivity index (χ2v) is 13.9. The van der Waals surface area contributed by atoms with E-state index in [4.69, 9.17) is 9.97 Å². The Morgan fingerprint density at radius 2 is 0.982 bits per heavy atom. The molecule has 0 unspecified atom stereocenters. The number of hydrogen-bond acceptors (Lipinski definition) is 2. The normalized spacial score (nSPS) is 10.8. The Hall–Kier alpha value is -6.58. The van der Waals surface area contributed by atoms with Gasteiger partial charge in [-0.2, -0.15) is 0 Å². The van der Waals surface area contributed by atoms with E-state index in [9.17, 15) is 4.39 Å². The van der Waals surface area contributed by atoms with Gasteiger partial charge >= 0.3 is 0 Å². The molecule has 1 radical (unpaired) electrons. The van der Waals surface area contributed by atoms with Gasteiger partial charge in [0.2, 0.25) is 0 Å². The predicted octanol–water partition coefficient (Wildman–Crippen LogP) is 13.9. The molecule has 0 amide bonds. The topological polar surface area (TPSA) is 25.8 Å². The van der Waals surface area contributed by atoms with Crippen molar-refractivity contribution in [3.63, 3.8) is 0 Å². The monoisotopic (exact) mass is 911 g/mol. The average Bonchev–Trinajstić information content (AvgIpc) is 3.27.